The molecule has 1 heterocycles. The lowest BCUT2D eigenvalue weighted by molar-refractivity contribution is -0.121. The average molecular weight is 416 g/mol. The molecule has 1 aliphatic heterocycles. The van der Waals surface area contributed by atoms with Crippen molar-refractivity contribution in [3.8, 4) is 5.75 Å². The van der Waals surface area contributed by atoms with Gasteiger partial charge >= 0.3 is 0 Å². The number of halogens is 1. The Labute approximate surface area is 179 Å². The number of fused-ring (bicyclic) bond motifs is 1. The molecule has 2 amide bonds. The Hall–Kier alpha value is -3.93. The van der Waals surface area contributed by atoms with Crippen LogP contribution in [0.4, 0.5) is 15.8 Å². The fourth-order valence-electron chi connectivity index (χ4n) is 3.26. The van der Waals surface area contributed by atoms with Crippen LogP contribution in [-0.2, 0) is 16.1 Å². The fourth-order valence-corrected chi connectivity index (χ4v) is 3.26. The van der Waals surface area contributed by atoms with Gasteiger partial charge in [-0.2, -0.15) is 0 Å². The van der Waals surface area contributed by atoms with E-state index in [0.29, 0.717) is 29.2 Å². The van der Waals surface area contributed by atoms with Gasteiger partial charge in [0.05, 0.1) is 12.2 Å². The quantitative estimate of drug-likeness (QED) is 0.613. The van der Waals surface area contributed by atoms with Crippen LogP contribution < -0.4 is 15.0 Å². The van der Waals surface area contributed by atoms with E-state index in [-0.39, 0.29) is 24.2 Å². The highest BCUT2D eigenvalue weighted by Crippen LogP contribution is 2.35. The highest BCUT2D eigenvalue weighted by Gasteiger charge is 2.26. The molecule has 0 saturated heterocycles. The first-order valence-corrected chi connectivity index (χ1v) is 9.85. The zero-order chi connectivity index (χ0) is 21.8. The third-order valence-corrected chi connectivity index (χ3v) is 4.93. The van der Waals surface area contributed by atoms with Gasteiger partial charge in [-0.15, -0.1) is 0 Å². The van der Waals surface area contributed by atoms with Crippen LogP contribution in [0.5, 0.6) is 5.75 Å². The summed E-state index contributed by atoms with van der Waals surface area (Å²) in [7, 11) is 0. The minimum atomic E-state index is -0.336. The van der Waals surface area contributed by atoms with Gasteiger partial charge in [0.2, 0.25) is 5.91 Å². The van der Waals surface area contributed by atoms with Gasteiger partial charge in [-0.05, 0) is 54.5 Å². The van der Waals surface area contributed by atoms with Gasteiger partial charge in [0, 0.05) is 11.8 Å². The molecule has 4 rings (SSSR count). The van der Waals surface area contributed by atoms with Crippen molar-refractivity contribution in [3.05, 3.63) is 95.3 Å². The molecule has 0 aliphatic carbocycles. The number of benzene rings is 3. The second-order valence-corrected chi connectivity index (χ2v) is 7.31. The lowest BCUT2D eigenvalue weighted by atomic mass is 10.1. The SMILES string of the molecule is Cc1ccc(CN2C(=O)COc3ccc(NC(=O)/C=C/c4ccc(F)cc4)cc32)cc1. The molecule has 156 valence electrons. The molecule has 0 unspecified atom stereocenters. The Bertz CT molecular complexity index is 1140. The van der Waals surface area contributed by atoms with Crippen molar-refractivity contribution >= 4 is 29.3 Å². The molecule has 5 nitrogen and oxygen atoms in total. The number of aryl methyl sites for hydroxylation is 1. The summed E-state index contributed by atoms with van der Waals surface area (Å²) in [6, 6.07) is 19.0. The number of rotatable bonds is 5. The van der Waals surface area contributed by atoms with Gasteiger partial charge in [-0.1, -0.05) is 42.0 Å². The van der Waals surface area contributed by atoms with Crippen LogP contribution in [-0.4, -0.2) is 18.4 Å². The number of hydrogen-bond acceptors (Lipinski definition) is 3. The molecule has 0 saturated carbocycles. The Morgan fingerprint density at radius 3 is 2.58 bits per heavy atom. The first-order chi connectivity index (χ1) is 15.0. The lowest BCUT2D eigenvalue weighted by Gasteiger charge is -2.30. The van der Waals surface area contributed by atoms with Crippen molar-refractivity contribution in [1.29, 1.82) is 0 Å². The number of hydrogen-bond donors (Lipinski definition) is 1. The minimum absolute atomic E-state index is 0.0228. The van der Waals surface area contributed by atoms with Gasteiger partial charge in [-0.25, -0.2) is 4.39 Å². The van der Waals surface area contributed by atoms with E-state index in [0.717, 1.165) is 11.1 Å². The predicted molar refractivity (Wildman–Crippen MR) is 118 cm³/mol. The maximum absolute atomic E-state index is 13.0. The van der Waals surface area contributed by atoms with E-state index < -0.39 is 0 Å². The number of carbonyl (C=O) groups is 2. The summed E-state index contributed by atoms with van der Waals surface area (Å²) in [6.07, 6.45) is 2.97. The van der Waals surface area contributed by atoms with E-state index in [4.69, 9.17) is 4.74 Å². The summed E-state index contributed by atoms with van der Waals surface area (Å²) < 4.78 is 18.5. The summed E-state index contributed by atoms with van der Waals surface area (Å²) in [5.74, 6) is -0.223. The first-order valence-electron chi connectivity index (χ1n) is 9.85. The maximum Gasteiger partial charge on any atom is 0.265 e. The van der Waals surface area contributed by atoms with Crippen LogP contribution in [0.1, 0.15) is 16.7 Å². The molecule has 31 heavy (non-hydrogen) atoms. The summed E-state index contributed by atoms with van der Waals surface area (Å²) in [4.78, 5) is 26.5. The normalized spacial score (nSPS) is 13.1. The number of amides is 2. The second-order valence-electron chi connectivity index (χ2n) is 7.31. The third kappa shape index (κ3) is 4.98. The van der Waals surface area contributed by atoms with Gasteiger partial charge in [-0.3, -0.25) is 9.59 Å². The third-order valence-electron chi connectivity index (χ3n) is 4.93. The summed E-state index contributed by atoms with van der Waals surface area (Å²) in [5, 5.41) is 2.79. The molecule has 3 aromatic rings. The molecule has 1 aliphatic rings. The van der Waals surface area contributed by atoms with Crippen molar-refractivity contribution in [2.45, 2.75) is 13.5 Å². The van der Waals surface area contributed by atoms with E-state index in [1.54, 1.807) is 41.3 Å². The van der Waals surface area contributed by atoms with Crippen LogP contribution in [0, 0.1) is 12.7 Å². The number of nitrogens with zero attached hydrogens (tertiary/aromatic N) is 1. The molecule has 0 aromatic heterocycles. The first kappa shape index (κ1) is 20.3. The van der Waals surface area contributed by atoms with Gasteiger partial charge in [0.15, 0.2) is 6.61 Å². The molecule has 0 fully saturated rings. The highest BCUT2D eigenvalue weighted by molar-refractivity contribution is 6.03. The molecule has 0 atom stereocenters. The average Bonchev–Trinajstić information content (AvgIpc) is 2.77. The van der Waals surface area contributed by atoms with E-state index >= 15 is 0 Å². The summed E-state index contributed by atoms with van der Waals surface area (Å²) in [6.45, 7) is 2.40. The number of anilines is 2. The van der Waals surface area contributed by atoms with Crippen molar-refractivity contribution < 1.29 is 18.7 Å². The zero-order valence-corrected chi connectivity index (χ0v) is 17.0. The smallest absolute Gasteiger partial charge is 0.265 e. The van der Waals surface area contributed by atoms with E-state index in [1.807, 2.05) is 31.2 Å². The van der Waals surface area contributed by atoms with Crippen molar-refractivity contribution in [2.24, 2.45) is 0 Å². The molecular weight excluding hydrogens is 395 g/mol. The van der Waals surface area contributed by atoms with Crippen LogP contribution in [0.3, 0.4) is 0 Å². The summed E-state index contributed by atoms with van der Waals surface area (Å²) in [5.41, 5.74) is 4.02. The molecular formula is C25H21FN2O3. The zero-order valence-electron chi connectivity index (χ0n) is 17.0. The van der Waals surface area contributed by atoms with Crippen molar-refractivity contribution in [1.82, 2.24) is 0 Å². The Balaban J connectivity index is 1.51. The standard InChI is InChI=1S/C25H21FN2O3/c1-17-2-4-19(5-3-17)15-28-22-14-21(11-12-23(22)31-16-25(28)30)27-24(29)13-8-18-6-9-20(26)10-7-18/h2-14H,15-16H2,1H3,(H,27,29)/b13-8+. The maximum atomic E-state index is 13.0. The molecule has 0 bridgehead atoms. The van der Waals surface area contributed by atoms with Gasteiger partial charge < -0.3 is 15.0 Å². The van der Waals surface area contributed by atoms with Crippen LogP contribution in [0.15, 0.2) is 72.8 Å². The molecule has 3 aromatic carbocycles. The van der Waals surface area contributed by atoms with Gasteiger partial charge in [0.25, 0.3) is 5.91 Å². The number of carbonyl (C=O) groups excluding carboxylic acids is 2. The summed E-state index contributed by atoms with van der Waals surface area (Å²) >= 11 is 0. The molecule has 0 spiro atoms. The number of nitrogens with one attached hydrogen (secondary N) is 1. The Morgan fingerprint density at radius 1 is 1.10 bits per heavy atom. The minimum Gasteiger partial charge on any atom is -0.482 e. The van der Waals surface area contributed by atoms with Crippen LogP contribution >= 0.6 is 0 Å². The van der Waals surface area contributed by atoms with Gasteiger partial charge in [0.1, 0.15) is 11.6 Å². The molecule has 0 radical (unpaired) electrons. The van der Waals surface area contributed by atoms with E-state index in [1.165, 1.54) is 18.2 Å². The highest BCUT2D eigenvalue weighted by atomic mass is 19.1. The topological polar surface area (TPSA) is 58.6 Å². The molecule has 1 N–H and O–H groups in total. The van der Waals surface area contributed by atoms with Crippen molar-refractivity contribution in [3.63, 3.8) is 0 Å². The Morgan fingerprint density at radius 2 is 1.84 bits per heavy atom. The fraction of sp³-hybridized carbons (Fsp3) is 0.120. The monoisotopic (exact) mass is 416 g/mol. The number of ether oxygens (including phenoxy) is 1. The van der Waals surface area contributed by atoms with Crippen molar-refractivity contribution in [2.75, 3.05) is 16.8 Å². The largest absolute Gasteiger partial charge is 0.482 e. The Kier molecular flexibility index (Phi) is 5.80. The van der Waals surface area contributed by atoms with Crippen LogP contribution in [0.25, 0.3) is 6.08 Å². The predicted octanol–water partition coefficient (Wildman–Crippen LogP) is 4.71. The van der Waals surface area contributed by atoms with E-state index in [9.17, 15) is 14.0 Å². The second kappa shape index (κ2) is 8.83. The van der Waals surface area contributed by atoms with E-state index in [2.05, 4.69) is 5.32 Å². The lowest BCUT2D eigenvalue weighted by Crippen LogP contribution is -2.38. The molecule has 6 heteroatoms. The van der Waals surface area contributed by atoms with Crippen LogP contribution in [0.2, 0.25) is 0 Å².